The summed E-state index contributed by atoms with van der Waals surface area (Å²) in [5.41, 5.74) is 2.86. The van der Waals surface area contributed by atoms with Crippen molar-refractivity contribution in [3.05, 3.63) is 23.0 Å². The lowest BCUT2D eigenvalue weighted by Crippen LogP contribution is -2.07. The number of aromatic nitrogens is 1. The molecule has 0 saturated heterocycles. The van der Waals surface area contributed by atoms with E-state index in [9.17, 15) is 4.79 Å². The second kappa shape index (κ2) is 8.72. The maximum Gasteiger partial charge on any atom is 0.138 e. The van der Waals surface area contributed by atoms with Crippen LogP contribution in [0.15, 0.2) is 6.20 Å². The molecule has 0 N–H and O–H groups in total. The van der Waals surface area contributed by atoms with E-state index in [2.05, 4.69) is 11.9 Å². The molecule has 0 spiro atoms. The van der Waals surface area contributed by atoms with Crippen molar-refractivity contribution in [3.8, 4) is 5.75 Å². The number of nitrogens with zero attached hydrogens (tertiary/aromatic N) is 1. The summed E-state index contributed by atoms with van der Waals surface area (Å²) in [6.45, 7) is 6.14. The molecule has 0 bridgehead atoms. The fourth-order valence-electron chi connectivity index (χ4n) is 2.45. The van der Waals surface area contributed by atoms with E-state index >= 15 is 0 Å². The highest BCUT2D eigenvalue weighted by Gasteiger charge is 2.12. The van der Waals surface area contributed by atoms with Crippen LogP contribution in [0.3, 0.4) is 0 Å². The number of Topliss-reactive ketones (excluding diaryl/α,β-unsaturated/α-hetero) is 1. The van der Waals surface area contributed by atoms with Gasteiger partial charge in [-0.2, -0.15) is 0 Å². The van der Waals surface area contributed by atoms with Gasteiger partial charge in [0.25, 0.3) is 0 Å². The highest BCUT2D eigenvalue weighted by molar-refractivity contribution is 5.80. The van der Waals surface area contributed by atoms with E-state index in [-0.39, 0.29) is 5.78 Å². The summed E-state index contributed by atoms with van der Waals surface area (Å²) in [4.78, 5) is 16.4. The summed E-state index contributed by atoms with van der Waals surface area (Å²) >= 11 is 0. The van der Waals surface area contributed by atoms with Crippen LogP contribution in [-0.4, -0.2) is 17.9 Å². The summed E-state index contributed by atoms with van der Waals surface area (Å²) < 4.78 is 5.37. The fourth-order valence-corrected chi connectivity index (χ4v) is 2.45. The third kappa shape index (κ3) is 4.95. The minimum absolute atomic E-state index is 0.281. The maximum atomic E-state index is 12.0. The molecule has 0 saturated carbocycles. The molecule has 0 aliphatic rings. The number of ether oxygens (including phenoxy) is 1. The van der Waals surface area contributed by atoms with Gasteiger partial charge in [0.1, 0.15) is 11.5 Å². The number of unbranched alkanes of at least 4 members (excludes halogenated alkanes) is 4. The van der Waals surface area contributed by atoms with Crippen LogP contribution in [-0.2, 0) is 11.2 Å². The van der Waals surface area contributed by atoms with Crippen LogP contribution in [0.25, 0.3) is 0 Å². The van der Waals surface area contributed by atoms with Crippen LogP contribution < -0.4 is 4.74 Å². The number of hydrogen-bond donors (Lipinski definition) is 0. The van der Waals surface area contributed by atoms with Crippen molar-refractivity contribution < 1.29 is 9.53 Å². The minimum atomic E-state index is 0.281. The van der Waals surface area contributed by atoms with Crippen molar-refractivity contribution in [2.24, 2.45) is 0 Å². The molecule has 112 valence electrons. The van der Waals surface area contributed by atoms with Gasteiger partial charge in [-0.1, -0.05) is 32.6 Å². The SMILES string of the molecule is CCCCCCCC(=O)Cc1ncc(C)c(OC)c1C. The van der Waals surface area contributed by atoms with Crippen molar-refractivity contribution in [2.45, 2.75) is 65.7 Å². The first kappa shape index (κ1) is 16.7. The van der Waals surface area contributed by atoms with Crippen LogP contribution in [0.1, 0.15) is 62.3 Å². The molecule has 20 heavy (non-hydrogen) atoms. The van der Waals surface area contributed by atoms with Crippen LogP contribution in [0.4, 0.5) is 0 Å². The fraction of sp³-hybridized carbons (Fsp3) is 0.647. The number of methoxy groups -OCH3 is 1. The van der Waals surface area contributed by atoms with Gasteiger partial charge in [0.15, 0.2) is 0 Å². The lowest BCUT2D eigenvalue weighted by molar-refractivity contribution is -0.118. The Labute approximate surface area is 122 Å². The Morgan fingerprint density at radius 3 is 2.55 bits per heavy atom. The lowest BCUT2D eigenvalue weighted by atomic mass is 10.0. The van der Waals surface area contributed by atoms with E-state index in [1.165, 1.54) is 19.3 Å². The van der Waals surface area contributed by atoms with E-state index in [4.69, 9.17) is 4.74 Å². The van der Waals surface area contributed by atoms with Gasteiger partial charge < -0.3 is 4.74 Å². The van der Waals surface area contributed by atoms with E-state index in [1.54, 1.807) is 13.3 Å². The molecule has 1 heterocycles. The Balaban J connectivity index is 2.50. The number of carbonyl (C=O) groups is 1. The Kier molecular flexibility index (Phi) is 7.27. The van der Waals surface area contributed by atoms with Crippen molar-refractivity contribution in [3.63, 3.8) is 0 Å². The van der Waals surface area contributed by atoms with Crippen molar-refractivity contribution in [1.82, 2.24) is 4.98 Å². The molecule has 1 rings (SSSR count). The summed E-state index contributed by atoms with van der Waals surface area (Å²) in [5, 5.41) is 0. The van der Waals surface area contributed by atoms with E-state index in [0.717, 1.165) is 35.4 Å². The third-order valence-electron chi connectivity index (χ3n) is 3.67. The lowest BCUT2D eigenvalue weighted by Gasteiger charge is -2.11. The minimum Gasteiger partial charge on any atom is -0.496 e. The normalized spacial score (nSPS) is 10.6. The molecule has 0 unspecified atom stereocenters. The molecule has 0 aliphatic carbocycles. The van der Waals surface area contributed by atoms with Gasteiger partial charge in [0.2, 0.25) is 0 Å². The monoisotopic (exact) mass is 277 g/mol. The predicted molar refractivity (Wildman–Crippen MR) is 82.4 cm³/mol. The molecule has 1 aromatic rings. The van der Waals surface area contributed by atoms with Gasteiger partial charge in [-0.05, 0) is 20.3 Å². The molecule has 3 heteroatoms. The molecule has 0 fully saturated rings. The first-order valence-corrected chi connectivity index (χ1v) is 7.60. The summed E-state index contributed by atoms with van der Waals surface area (Å²) in [5.74, 6) is 1.13. The van der Waals surface area contributed by atoms with Gasteiger partial charge in [-0.3, -0.25) is 9.78 Å². The molecule has 0 aliphatic heterocycles. The number of hydrogen-bond acceptors (Lipinski definition) is 3. The Morgan fingerprint density at radius 2 is 1.90 bits per heavy atom. The number of pyridine rings is 1. The summed E-state index contributed by atoms with van der Waals surface area (Å²) in [6.07, 6.45) is 8.78. The molecule has 3 nitrogen and oxygen atoms in total. The summed E-state index contributed by atoms with van der Waals surface area (Å²) in [7, 11) is 1.66. The van der Waals surface area contributed by atoms with Gasteiger partial charge in [0.05, 0.1) is 12.8 Å². The van der Waals surface area contributed by atoms with Crippen molar-refractivity contribution in [2.75, 3.05) is 7.11 Å². The van der Waals surface area contributed by atoms with Gasteiger partial charge in [-0.25, -0.2) is 0 Å². The third-order valence-corrected chi connectivity index (χ3v) is 3.67. The van der Waals surface area contributed by atoms with Gasteiger partial charge in [-0.15, -0.1) is 0 Å². The van der Waals surface area contributed by atoms with Crippen LogP contribution in [0.5, 0.6) is 5.75 Å². The molecular formula is C17H27NO2. The molecule has 0 aromatic carbocycles. The average Bonchev–Trinajstić information content (AvgIpc) is 2.42. The first-order chi connectivity index (χ1) is 9.60. The summed E-state index contributed by atoms with van der Waals surface area (Å²) in [6, 6.07) is 0. The maximum absolute atomic E-state index is 12.0. The molecule has 0 atom stereocenters. The number of aryl methyl sites for hydroxylation is 1. The highest BCUT2D eigenvalue weighted by atomic mass is 16.5. The number of ketones is 1. The Bertz CT molecular complexity index is 441. The van der Waals surface area contributed by atoms with Gasteiger partial charge >= 0.3 is 0 Å². The average molecular weight is 277 g/mol. The predicted octanol–water partition coefficient (Wildman–Crippen LogP) is 4.18. The number of carbonyl (C=O) groups excluding carboxylic acids is 1. The molecular weight excluding hydrogens is 250 g/mol. The van der Waals surface area contributed by atoms with Gasteiger partial charge in [0, 0.05) is 30.2 Å². The Hall–Kier alpha value is -1.38. The van der Waals surface area contributed by atoms with E-state index < -0.39 is 0 Å². The zero-order valence-corrected chi connectivity index (χ0v) is 13.3. The first-order valence-electron chi connectivity index (χ1n) is 7.60. The van der Waals surface area contributed by atoms with E-state index in [1.807, 2.05) is 13.8 Å². The standard InChI is InChI=1S/C17H27NO2/c1-5-6-7-8-9-10-15(19)11-16-14(3)17(20-4)13(2)12-18-16/h12H,5-11H2,1-4H3. The van der Waals surface area contributed by atoms with Crippen molar-refractivity contribution in [1.29, 1.82) is 0 Å². The molecule has 1 aromatic heterocycles. The Morgan fingerprint density at radius 1 is 1.20 bits per heavy atom. The van der Waals surface area contributed by atoms with Crippen LogP contribution >= 0.6 is 0 Å². The van der Waals surface area contributed by atoms with Crippen molar-refractivity contribution >= 4 is 5.78 Å². The van der Waals surface area contributed by atoms with Crippen LogP contribution in [0.2, 0.25) is 0 Å². The number of rotatable bonds is 9. The zero-order chi connectivity index (χ0) is 15.0. The quantitative estimate of drug-likeness (QED) is 0.636. The zero-order valence-electron chi connectivity index (χ0n) is 13.3. The largest absolute Gasteiger partial charge is 0.496 e. The van der Waals surface area contributed by atoms with E-state index in [0.29, 0.717) is 12.8 Å². The van der Waals surface area contributed by atoms with Crippen LogP contribution in [0, 0.1) is 13.8 Å². The second-order valence-corrected chi connectivity index (χ2v) is 5.43. The molecule has 0 radical (unpaired) electrons. The second-order valence-electron chi connectivity index (χ2n) is 5.43. The molecule has 0 amide bonds. The topological polar surface area (TPSA) is 39.2 Å². The highest BCUT2D eigenvalue weighted by Crippen LogP contribution is 2.24. The smallest absolute Gasteiger partial charge is 0.138 e.